The van der Waals surface area contributed by atoms with Crippen molar-refractivity contribution in [3.8, 4) is 11.3 Å². The Labute approximate surface area is 116 Å². The Hall–Kier alpha value is -1.50. The Bertz CT molecular complexity index is 605. The fraction of sp³-hybridized carbons (Fsp3) is 0.250. The van der Waals surface area contributed by atoms with Crippen LogP contribution in [0.1, 0.15) is 18.1 Å². The van der Waals surface area contributed by atoms with Crippen molar-refractivity contribution in [2.75, 3.05) is 5.73 Å². The van der Waals surface area contributed by atoms with Gasteiger partial charge in [-0.25, -0.2) is 0 Å². The van der Waals surface area contributed by atoms with E-state index in [2.05, 4.69) is 26.1 Å². The highest BCUT2D eigenvalue weighted by atomic mass is 79.9. The van der Waals surface area contributed by atoms with E-state index in [1.165, 1.54) is 6.07 Å². The highest BCUT2D eigenvalue weighted by Crippen LogP contribution is 2.37. The van der Waals surface area contributed by atoms with Crippen LogP contribution < -0.4 is 5.73 Å². The Kier molecular flexibility index (Phi) is 3.58. The number of aromatic amines is 1. The molecule has 0 bridgehead atoms. The van der Waals surface area contributed by atoms with E-state index in [1.807, 2.05) is 6.92 Å². The maximum atomic E-state index is 12.7. The number of nitrogens with two attached hydrogens (primary N) is 1. The molecule has 0 spiro atoms. The molecule has 1 aromatic heterocycles. The first-order chi connectivity index (χ1) is 8.84. The van der Waals surface area contributed by atoms with Crippen molar-refractivity contribution < 1.29 is 13.2 Å². The number of rotatable bonds is 2. The quantitative estimate of drug-likeness (QED) is 0.872. The van der Waals surface area contributed by atoms with Gasteiger partial charge in [0.1, 0.15) is 5.82 Å². The fourth-order valence-electron chi connectivity index (χ4n) is 1.85. The van der Waals surface area contributed by atoms with E-state index in [-0.39, 0.29) is 0 Å². The van der Waals surface area contributed by atoms with Crippen LogP contribution in [0.4, 0.5) is 19.0 Å². The first-order valence-corrected chi connectivity index (χ1v) is 6.33. The van der Waals surface area contributed by atoms with Crippen molar-refractivity contribution in [2.24, 2.45) is 0 Å². The zero-order valence-electron chi connectivity index (χ0n) is 9.98. The molecule has 3 nitrogen and oxygen atoms in total. The summed E-state index contributed by atoms with van der Waals surface area (Å²) in [6, 6.07) is 3.48. The van der Waals surface area contributed by atoms with Crippen LogP contribution in [0, 0.1) is 0 Å². The van der Waals surface area contributed by atoms with Gasteiger partial charge in [0.15, 0.2) is 0 Å². The molecule has 0 saturated carbocycles. The predicted octanol–water partition coefficient (Wildman–Crippen LogP) is 4.00. The normalized spacial score (nSPS) is 11.8. The highest BCUT2D eigenvalue weighted by molar-refractivity contribution is 9.10. The zero-order valence-corrected chi connectivity index (χ0v) is 11.6. The van der Waals surface area contributed by atoms with Gasteiger partial charge >= 0.3 is 6.18 Å². The van der Waals surface area contributed by atoms with E-state index in [4.69, 9.17) is 5.73 Å². The summed E-state index contributed by atoms with van der Waals surface area (Å²) >= 11 is 3.25. The number of nitrogens with one attached hydrogen (secondary N) is 1. The molecule has 0 atom stereocenters. The summed E-state index contributed by atoms with van der Waals surface area (Å²) < 4.78 is 38.8. The highest BCUT2D eigenvalue weighted by Gasteiger charge is 2.31. The van der Waals surface area contributed by atoms with E-state index in [9.17, 15) is 13.2 Å². The van der Waals surface area contributed by atoms with E-state index in [0.717, 1.165) is 12.1 Å². The topological polar surface area (TPSA) is 54.7 Å². The number of halogens is 4. The second-order valence-electron chi connectivity index (χ2n) is 4.01. The molecule has 1 heterocycles. The predicted molar refractivity (Wildman–Crippen MR) is 70.5 cm³/mol. The number of alkyl halides is 3. The number of benzene rings is 1. The number of nitrogens with zero attached hydrogens (tertiary/aromatic N) is 1. The smallest absolute Gasteiger partial charge is 0.382 e. The van der Waals surface area contributed by atoms with Crippen LogP contribution in [0.2, 0.25) is 0 Å². The first kappa shape index (κ1) is 13.9. The van der Waals surface area contributed by atoms with Gasteiger partial charge in [0.2, 0.25) is 0 Å². The van der Waals surface area contributed by atoms with Crippen LogP contribution in [0.25, 0.3) is 11.3 Å². The third-order valence-electron chi connectivity index (χ3n) is 2.82. The van der Waals surface area contributed by atoms with Crippen LogP contribution in [0.15, 0.2) is 22.7 Å². The molecule has 1 aromatic carbocycles. The number of hydrogen-bond donors (Lipinski definition) is 2. The van der Waals surface area contributed by atoms with Gasteiger partial charge in [0, 0.05) is 15.6 Å². The molecule has 2 aromatic rings. The molecule has 0 radical (unpaired) electrons. The molecule has 0 aliphatic carbocycles. The maximum Gasteiger partial charge on any atom is 0.416 e. The summed E-state index contributed by atoms with van der Waals surface area (Å²) in [7, 11) is 0. The van der Waals surface area contributed by atoms with Crippen LogP contribution in [-0.2, 0) is 12.6 Å². The van der Waals surface area contributed by atoms with Crippen molar-refractivity contribution >= 4 is 21.7 Å². The molecule has 0 aliphatic rings. The molecule has 19 heavy (non-hydrogen) atoms. The molecule has 0 aliphatic heterocycles. The van der Waals surface area contributed by atoms with Crippen molar-refractivity contribution in [3.05, 3.63) is 33.8 Å². The number of anilines is 1. The maximum absolute atomic E-state index is 12.7. The van der Waals surface area contributed by atoms with E-state index < -0.39 is 11.7 Å². The van der Waals surface area contributed by atoms with Crippen molar-refractivity contribution in [1.82, 2.24) is 10.2 Å². The number of hydrogen-bond acceptors (Lipinski definition) is 2. The monoisotopic (exact) mass is 333 g/mol. The molecule has 0 unspecified atom stereocenters. The SMILES string of the molecule is CCc1c(N)n[nH]c1-c1cc(C(F)(F)F)ccc1Br. The van der Waals surface area contributed by atoms with Gasteiger partial charge in [0.25, 0.3) is 0 Å². The summed E-state index contributed by atoms with van der Waals surface area (Å²) in [6.45, 7) is 1.87. The van der Waals surface area contributed by atoms with Gasteiger partial charge in [-0.2, -0.15) is 18.3 Å². The van der Waals surface area contributed by atoms with E-state index in [0.29, 0.717) is 33.5 Å². The second-order valence-corrected chi connectivity index (χ2v) is 4.86. The summed E-state index contributed by atoms with van der Waals surface area (Å²) in [5, 5.41) is 6.54. The lowest BCUT2D eigenvalue weighted by atomic mass is 10.0. The fourth-order valence-corrected chi connectivity index (χ4v) is 2.30. The molecule has 0 saturated heterocycles. The molecule has 0 fully saturated rings. The number of nitrogen functional groups attached to an aromatic ring is 1. The van der Waals surface area contributed by atoms with Crippen LogP contribution in [0.3, 0.4) is 0 Å². The van der Waals surface area contributed by atoms with Crippen molar-refractivity contribution in [1.29, 1.82) is 0 Å². The third kappa shape index (κ3) is 2.60. The summed E-state index contributed by atoms with van der Waals surface area (Å²) in [5.41, 5.74) is 6.60. The minimum absolute atomic E-state index is 0.307. The second kappa shape index (κ2) is 4.88. The Morgan fingerprint density at radius 3 is 2.63 bits per heavy atom. The zero-order chi connectivity index (χ0) is 14.2. The minimum atomic E-state index is -4.38. The van der Waals surface area contributed by atoms with E-state index >= 15 is 0 Å². The van der Waals surface area contributed by atoms with Crippen LogP contribution in [0.5, 0.6) is 0 Å². The third-order valence-corrected chi connectivity index (χ3v) is 3.51. The van der Waals surface area contributed by atoms with E-state index in [1.54, 1.807) is 0 Å². The van der Waals surface area contributed by atoms with Crippen LogP contribution in [-0.4, -0.2) is 10.2 Å². The molecule has 0 amide bonds. The van der Waals surface area contributed by atoms with Gasteiger partial charge < -0.3 is 5.73 Å². The largest absolute Gasteiger partial charge is 0.416 e. The lowest BCUT2D eigenvalue weighted by molar-refractivity contribution is -0.137. The van der Waals surface area contributed by atoms with Gasteiger partial charge in [-0.05, 0) is 24.6 Å². The molecular formula is C12H11BrF3N3. The Morgan fingerprint density at radius 2 is 2.05 bits per heavy atom. The number of H-pyrrole nitrogens is 1. The van der Waals surface area contributed by atoms with Crippen molar-refractivity contribution in [2.45, 2.75) is 19.5 Å². The lowest BCUT2D eigenvalue weighted by Crippen LogP contribution is -2.05. The van der Waals surface area contributed by atoms with Crippen LogP contribution >= 0.6 is 15.9 Å². The van der Waals surface area contributed by atoms with Crippen molar-refractivity contribution in [3.63, 3.8) is 0 Å². The molecule has 7 heteroatoms. The van der Waals surface area contributed by atoms with Gasteiger partial charge in [-0.1, -0.05) is 22.9 Å². The van der Waals surface area contributed by atoms with Gasteiger partial charge in [0.05, 0.1) is 11.3 Å². The molecule has 2 rings (SSSR count). The summed E-state index contributed by atoms with van der Waals surface area (Å²) in [5.74, 6) is 0.307. The molecule has 3 N–H and O–H groups in total. The first-order valence-electron chi connectivity index (χ1n) is 5.54. The summed E-state index contributed by atoms with van der Waals surface area (Å²) in [6.07, 6.45) is -3.80. The lowest BCUT2D eigenvalue weighted by Gasteiger charge is -2.10. The molecule has 102 valence electrons. The average molecular weight is 334 g/mol. The summed E-state index contributed by atoms with van der Waals surface area (Å²) in [4.78, 5) is 0. The standard InChI is InChI=1S/C12H11BrF3N3/c1-2-7-10(18-19-11(7)17)8-5-6(12(14,15)16)3-4-9(8)13/h3-5H,2H2,1H3,(H3,17,18,19). The van der Waals surface area contributed by atoms with Gasteiger partial charge in [-0.3, -0.25) is 5.10 Å². The number of aromatic nitrogens is 2. The Morgan fingerprint density at radius 1 is 1.37 bits per heavy atom. The average Bonchev–Trinajstić information content (AvgIpc) is 2.69. The Balaban J connectivity index is 2.61. The molecular weight excluding hydrogens is 323 g/mol. The minimum Gasteiger partial charge on any atom is -0.382 e. The van der Waals surface area contributed by atoms with Gasteiger partial charge in [-0.15, -0.1) is 0 Å².